The monoisotopic (exact) mass is 415 g/mol. The Kier molecular flexibility index (Phi) is 5.73. The molecule has 0 atom stereocenters. The fourth-order valence-corrected chi connectivity index (χ4v) is 2.99. The lowest BCUT2D eigenvalue weighted by atomic mass is 10.1. The fraction of sp³-hybridized carbons (Fsp3) is 0.105. The molecule has 0 bridgehead atoms. The number of hydrogen-bond acceptors (Lipinski definition) is 7. The van der Waals surface area contributed by atoms with Crippen LogP contribution in [0, 0.1) is 11.3 Å². The van der Waals surface area contributed by atoms with Crippen LogP contribution in [-0.4, -0.2) is 17.1 Å². The van der Waals surface area contributed by atoms with Crippen LogP contribution in [0.15, 0.2) is 36.4 Å². The maximum atomic E-state index is 9.40. The summed E-state index contributed by atoms with van der Waals surface area (Å²) in [5.41, 5.74) is 13.0. The summed E-state index contributed by atoms with van der Waals surface area (Å²) in [6.45, 7) is 0.225. The number of halogens is 2. The molecule has 0 saturated carbocycles. The van der Waals surface area contributed by atoms with Crippen LogP contribution in [0.2, 0.25) is 10.0 Å². The lowest BCUT2D eigenvalue weighted by Crippen LogP contribution is -2.05. The summed E-state index contributed by atoms with van der Waals surface area (Å²) < 4.78 is 11.2. The van der Waals surface area contributed by atoms with Gasteiger partial charge in [0.15, 0.2) is 11.5 Å². The topological polar surface area (TPSA) is 120 Å². The van der Waals surface area contributed by atoms with E-state index < -0.39 is 0 Å². The van der Waals surface area contributed by atoms with Crippen molar-refractivity contribution in [3.8, 4) is 28.8 Å². The van der Waals surface area contributed by atoms with Crippen LogP contribution < -0.4 is 20.9 Å². The van der Waals surface area contributed by atoms with Crippen molar-refractivity contribution in [2.45, 2.75) is 6.61 Å². The van der Waals surface area contributed by atoms with Gasteiger partial charge in [0.2, 0.25) is 5.95 Å². The smallest absolute Gasteiger partial charge is 0.222 e. The van der Waals surface area contributed by atoms with Crippen molar-refractivity contribution >= 4 is 35.0 Å². The van der Waals surface area contributed by atoms with Gasteiger partial charge < -0.3 is 20.9 Å². The Hall–Kier alpha value is -3.21. The highest BCUT2D eigenvalue weighted by Crippen LogP contribution is 2.40. The van der Waals surface area contributed by atoms with Crippen molar-refractivity contribution in [1.29, 1.82) is 5.26 Å². The van der Waals surface area contributed by atoms with E-state index in [0.29, 0.717) is 22.1 Å². The summed E-state index contributed by atoms with van der Waals surface area (Å²) in [6.07, 6.45) is 0. The second-order valence-electron chi connectivity index (χ2n) is 5.67. The van der Waals surface area contributed by atoms with Crippen molar-refractivity contribution < 1.29 is 9.47 Å². The predicted molar refractivity (Wildman–Crippen MR) is 108 cm³/mol. The van der Waals surface area contributed by atoms with Crippen molar-refractivity contribution in [1.82, 2.24) is 9.97 Å². The third-order valence-electron chi connectivity index (χ3n) is 3.92. The van der Waals surface area contributed by atoms with E-state index >= 15 is 0 Å². The van der Waals surface area contributed by atoms with E-state index in [1.54, 1.807) is 18.2 Å². The molecule has 0 aliphatic rings. The Balaban J connectivity index is 2.02. The van der Waals surface area contributed by atoms with E-state index in [9.17, 15) is 5.26 Å². The summed E-state index contributed by atoms with van der Waals surface area (Å²) in [5, 5.41) is 10.3. The SMILES string of the molecule is COc1cc(-c2nc(N)nc(N)c2C#N)c(Cl)cc1OCc1ccccc1Cl. The van der Waals surface area contributed by atoms with Crippen LogP contribution in [0.25, 0.3) is 11.3 Å². The molecular weight excluding hydrogens is 401 g/mol. The largest absolute Gasteiger partial charge is 0.493 e. The minimum absolute atomic E-state index is 0.0286. The van der Waals surface area contributed by atoms with Gasteiger partial charge in [-0.25, -0.2) is 4.98 Å². The van der Waals surface area contributed by atoms with Crippen LogP contribution in [-0.2, 0) is 6.61 Å². The normalized spacial score (nSPS) is 10.4. The maximum absolute atomic E-state index is 9.40. The zero-order valence-electron chi connectivity index (χ0n) is 14.7. The Bertz CT molecular complexity index is 1080. The van der Waals surface area contributed by atoms with E-state index in [0.717, 1.165) is 5.56 Å². The number of rotatable bonds is 5. The van der Waals surface area contributed by atoms with Gasteiger partial charge in [-0.05, 0) is 12.1 Å². The molecule has 0 radical (unpaired) electrons. The van der Waals surface area contributed by atoms with E-state index in [2.05, 4.69) is 9.97 Å². The Morgan fingerprint density at radius 3 is 2.50 bits per heavy atom. The van der Waals surface area contributed by atoms with Gasteiger partial charge in [0.1, 0.15) is 24.1 Å². The molecule has 3 aromatic rings. The number of aromatic nitrogens is 2. The highest BCUT2D eigenvalue weighted by molar-refractivity contribution is 6.33. The average Bonchev–Trinajstić information content (AvgIpc) is 2.67. The standard InChI is InChI=1S/C19H15Cl2N5O2/c1-27-15-6-11(17-12(8-22)18(23)26-19(24)25-17)14(21)7-16(15)28-9-10-4-2-3-5-13(10)20/h2-7H,9H2,1H3,(H4,23,24,25,26). The number of nitrogen functional groups attached to an aromatic ring is 2. The van der Waals surface area contributed by atoms with E-state index in [-0.39, 0.29) is 34.7 Å². The quantitative estimate of drug-likeness (QED) is 0.643. The minimum atomic E-state index is -0.0689. The van der Waals surface area contributed by atoms with E-state index in [4.69, 9.17) is 44.1 Å². The molecule has 0 aliphatic carbocycles. The number of benzene rings is 2. The van der Waals surface area contributed by atoms with Crippen LogP contribution in [0.1, 0.15) is 11.1 Å². The molecule has 2 aromatic carbocycles. The number of nitriles is 1. The van der Waals surface area contributed by atoms with Gasteiger partial charge in [-0.3, -0.25) is 0 Å². The number of methoxy groups -OCH3 is 1. The van der Waals surface area contributed by atoms with Gasteiger partial charge in [-0.1, -0.05) is 41.4 Å². The van der Waals surface area contributed by atoms with Gasteiger partial charge in [0.25, 0.3) is 0 Å². The molecule has 0 unspecified atom stereocenters. The number of nitrogens with zero attached hydrogens (tertiary/aromatic N) is 3. The highest BCUT2D eigenvalue weighted by atomic mass is 35.5. The summed E-state index contributed by atoms with van der Waals surface area (Å²) in [4.78, 5) is 7.91. The summed E-state index contributed by atoms with van der Waals surface area (Å²) in [5.74, 6) is 0.704. The molecule has 0 aliphatic heterocycles. The first-order valence-electron chi connectivity index (χ1n) is 8.01. The molecule has 28 heavy (non-hydrogen) atoms. The molecule has 0 amide bonds. The van der Waals surface area contributed by atoms with Crippen LogP contribution >= 0.6 is 23.2 Å². The molecule has 3 rings (SSSR count). The molecule has 0 fully saturated rings. The first kappa shape index (κ1) is 19.5. The van der Waals surface area contributed by atoms with Gasteiger partial charge in [0, 0.05) is 22.2 Å². The van der Waals surface area contributed by atoms with Crippen molar-refractivity contribution in [3.05, 3.63) is 57.6 Å². The maximum Gasteiger partial charge on any atom is 0.222 e. The first-order valence-corrected chi connectivity index (χ1v) is 8.77. The Labute approximate surface area is 171 Å². The third kappa shape index (κ3) is 3.88. The van der Waals surface area contributed by atoms with Gasteiger partial charge in [0.05, 0.1) is 17.8 Å². The van der Waals surface area contributed by atoms with Crippen molar-refractivity contribution in [3.63, 3.8) is 0 Å². The zero-order valence-corrected chi connectivity index (χ0v) is 16.3. The second-order valence-corrected chi connectivity index (χ2v) is 6.48. The molecule has 1 aromatic heterocycles. The van der Waals surface area contributed by atoms with Gasteiger partial charge in [-0.2, -0.15) is 10.2 Å². The molecule has 0 spiro atoms. The van der Waals surface area contributed by atoms with Crippen LogP contribution in [0.3, 0.4) is 0 Å². The molecule has 4 N–H and O–H groups in total. The number of ether oxygens (including phenoxy) is 2. The molecule has 142 valence electrons. The third-order valence-corrected chi connectivity index (χ3v) is 4.60. The highest BCUT2D eigenvalue weighted by Gasteiger charge is 2.19. The number of nitrogens with two attached hydrogens (primary N) is 2. The van der Waals surface area contributed by atoms with Crippen molar-refractivity contribution in [2.24, 2.45) is 0 Å². The molecule has 1 heterocycles. The predicted octanol–water partition coefficient (Wildman–Crippen LogP) is 4.07. The molecular formula is C19H15Cl2N5O2. The average molecular weight is 416 g/mol. The Morgan fingerprint density at radius 2 is 1.82 bits per heavy atom. The molecule has 7 nitrogen and oxygen atoms in total. The van der Waals surface area contributed by atoms with Crippen molar-refractivity contribution in [2.75, 3.05) is 18.6 Å². The fourth-order valence-electron chi connectivity index (χ4n) is 2.56. The van der Waals surface area contributed by atoms with Crippen LogP contribution in [0.5, 0.6) is 11.5 Å². The molecule has 0 saturated heterocycles. The lowest BCUT2D eigenvalue weighted by molar-refractivity contribution is 0.284. The summed E-state index contributed by atoms with van der Waals surface area (Å²) in [7, 11) is 1.49. The van der Waals surface area contributed by atoms with Crippen LogP contribution in [0.4, 0.5) is 11.8 Å². The van der Waals surface area contributed by atoms with E-state index in [1.807, 2.05) is 24.3 Å². The zero-order chi connectivity index (χ0) is 20.3. The summed E-state index contributed by atoms with van der Waals surface area (Å²) in [6, 6.07) is 12.5. The lowest BCUT2D eigenvalue weighted by Gasteiger charge is -2.15. The van der Waals surface area contributed by atoms with E-state index in [1.165, 1.54) is 7.11 Å². The molecule has 9 heteroatoms. The first-order chi connectivity index (χ1) is 13.4. The number of hydrogen-bond donors (Lipinski definition) is 2. The minimum Gasteiger partial charge on any atom is -0.493 e. The van der Waals surface area contributed by atoms with Gasteiger partial charge in [-0.15, -0.1) is 0 Å². The Morgan fingerprint density at radius 1 is 1.07 bits per heavy atom. The second kappa shape index (κ2) is 8.21. The van der Waals surface area contributed by atoms with Gasteiger partial charge >= 0.3 is 0 Å². The summed E-state index contributed by atoms with van der Waals surface area (Å²) >= 11 is 12.6. The number of anilines is 2.